The normalized spacial score (nSPS) is 12.9. The van der Waals surface area contributed by atoms with Crippen molar-refractivity contribution in [3.05, 3.63) is 22.8 Å². The van der Waals surface area contributed by atoms with Gasteiger partial charge in [-0.25, -0.2) is 0 Å². The van der Waals surface area contributed by atoms with E-state index in [0.29, 0.717) is 12.2 Å². The highest BCUT2D eigenvalue weighted by Gasteiger charge is 2.21. The second-order valence-electron chi connectivity index (χ2n) is 4.33. The first kappa shape index (κ1) is 12.7. The van der Waals surface area contributed by atoms with Crippen molar-refractivity contribution in [2.75, 3.05) is 0 Å². The zero-order valence-electron chi connectivity index (χ0n) is 11.0. The number of hydrogen-bond donors (Lipinski definition) is 2. The third kappa shape index (κ3) is 2.24. The predicted molar refractivity (Wildman–Crippen MR) is 65.2 cm³/mol. The molecule has 2 heterocycles. The van der Waals surface area contributed by atoms with E-state index in [1.165, 1.54) is 4.80 Å². The van der Waals surface area contributed by atoms with Crippen molar-refractivity contribution < 1.29 is 0 Å². The van der Waals surface area contributed by atoms with Crippen molar-refractivity contribution in [3.63, 3.8) is 0 Å². The number of rotatable bonds is 4. The van der Waals surface area contributed by atoms with Crippen molar-refractivity contribution in [1.82, 2.24) is 35.4 Å². The first-order valence-corrected chi connectivity index (χ1v) is 5.72. The summed E-state index contributed by atoms with van der Waals surface area (Å²) in [5.74, 6) is 6.29. The maximum absolute atomic E-state index is 5.64. The quantitative estimate of drug-likeness (QED) is 0.550. The zero-order valence-corrected chi connectivity index (χ0v) is 11.0. The maximum Gasteiger partial charge on any atom is 0.176 e. The molecule has 98 valence electrons. The Morgan fingerprint density at radius 1 is 1.28 bits per heavy atom. The molecule has 2 rings (SSSR count). The van der Waals surface area contributed by atoms with E-state index in [-0.39, 0.29) is 6.04 Å². The summed E-state index contributed by atoms with van der Waals surface area (Å²) in [6.07, 6.45) is 0.581. The number of tetrazole rings is 1. The van der Waals surface area contributed by atoms with Crippen LogP contribution >= 0.6 is 0 Å². The average molecular weight is 250 g/mol. The van der Waals surface area contributed by atoms with Crippen LogP contribution in [0.5, 0.6) is 0 Å². The molecule has 0 radical (unpaired) electrons. The SMILES string of the molecule is Cc1nn(C)c(C)c1C(Cc1nnn(C)n1)NN. The standard InChI is InChI=1S/C10H18N8/c1-6-10(7(2)17(3)14-6)8(12-11)5-9-13-16-18(4)15-9/h8,12H,5,11H2,1-4H3. The summed E-state index contributed by atoms with van der Waals surface area (Å²) in [7, 11) is 3.65. The highest BCUT2D eigenvalue weighted by Crippen LogP contribution is 2.22. The van der Waals surface area contributed by atoms with Gasteiger partial charge in [0.2, 0.25) is 0 Å². The van der Waals surface area contributed by atoms with Gasteiger partial charge in [0.15, 0.2) is 5.82 Å². The molecular weight excluding hydrogens is 232 g/mol. The average Bonchev–Trinajstić information content (AvgIpc) is 2.82. The van der Waals surface area contributed by atoms with Crippen LogP contribution in [-0.4, -0.2) is 30.0 Å². The Bertz CT molecular complexity index is 540. The molecule has 3 N–H and O–H groups in total. The third-order valence-electron chi connectivity index (χ3n) is 3.05. The van der Waals surface area contributed by atoms with Crippen molar-refractivity contribution in [1.29, 1.82) is 0 Å². The van der Waals surface area contributed by atoms with Gasteiger partial charge in [0.1, 0.15) is 0 Å². The van der Waals surface area contributed by atoms with Crippen LogP contribution in [0, 0.1) is 13.8 Å². The fourth-order valence-electron chi connectivity index (χ4n) is 2.13. The van der Waals surface area contributed by atoms with Gasteiger partial charge in [-0.05, 0) is 19.1 Å². The fourth-order valence-corrected chi connectivity index (χ4v) is 2.13. The Labute approximate surface area is 105 Å². The molecule has 8 heteroatoms. The second kappa shape index (κ2) is 4.83. The number of aryl methyl sites for hydroxylation is 3. The van der Waals surface area contributed by atoms with Crippen LogP contribution < -0.4 is 11.3 Å². The number of nitrogens with one attached hydrogen (secondary N) is 1. The van der Waals surface area contributed by atoms with Crippen molar-refractivity contribution in [2.24, 2.45) is 19.9 Å². The number of hydrazine groups is 1. The lowest BCUT2D eigenvalue weighted by atomic mass is 10.0. The minimum Gasteiger partial charge on any atom is -0.272 e. The van der Waals surface area contributed by atoms with E-state index in [1.807, 2.05) is 25.6 Å². The van der Waals surface area contributed by atoms with Crippen LogP contribution in [0.3, 0.4) is 0 Å². The molecule has 0 bridgehead atoms. The summed E-state index contributed by atoms with van der Waals surface area (Å²) in [6, 6.07) is -0.0668. The van der Waals surface area contributed by atoms with Gasteiger partial charge < -0.3 is 0 Å². The van der Waals surface area contributed by atoms with Gasteiger partial charge in [0.05, 0.1) is 18.8 Å². The lowest BCUT2D eigenvalue weighted by Gasteiger charge is -2.14. The molecule has 0 aliphatic carbocycles. The van der Waals surface area contributed by atoms with Gasteiger partial charge >= 0.3 is 0 Å². The molecule has 8 nitrogen and oxygen atoms in total. The molecule has 0 aliphatic heterocycles. The zero-order chi connectivity index (χ0) is 13.3. The fraction of sp³-hybridized carbons (Fsp3) is 0.600. The minimum absolute atomic E-state index is 0.0668. The van der Waals surface area contributed by atoms with Gasteiger partial charge in [-0.3, -0.25) is 16.0 Å². The summed E-state index contributed by atoms with van der Waals surface area (Å²) >= 11 is 0. The van der Waals surface area contributed by atoms with Gasteiger partial charge in [0.25, 0.3) is 0 Å². The van der Waals surface area contributed by atoms with E-state index < -0.39 is 0 Å². The van der Waals surface area contributed by atoms with Gasteiger partial charge in [0, 0.05) is 24.7 Å². The highest BCUT2D eigenvalue weighted by molar-refractivity contribution is 5.28. The largest absolute Gasteiger partial charge is 0.272 e. The van der Waals surface area contributed by atoms with Crippen LogP contribution in [0.1, 0.15) is 28.8 Å². The molecule has 18 heavy (non-hydrogen) atoms. The van der Waals surface area contributed by atoms with E-state index in [1.54, 1.807) is 7.05 Å². The first-order chi connectivity index (χ1) is 8.52. The molecule has 0 saturated heterocycles. The van der Waals surface area contributed by atoms with E-state index >= 15 is 0 Å². The summed E-state index contributed by atoms with van der Waals surface area (Å²) < 4.78 is 1.85. The van der Waals surface area contributed by atoms with E-state index in [2.05, 4.69) is 25.9 Å². The van der Waals surface area contributed by atoms with Crippen molar-refractivity contribution in [2.45, 2.75) is 26.3 Å². The van der Waals surface area contributed by atoms with Crippen molar-refractivity contribution >= 4 is 0 Å². The topological polar surface area (TPSA) is 99.5 Å². The summed E-state index contributed by atoms with van der Waals surface area (Å²) in [5.41, 5.74) is 5.93. The monoisotopic (exact) mass is 250 g/mol. The van der Waals surface area contributed by atoms with Crippen LogP contribution in [0.4, 0.5) is 0 Å². The minimum atomic E-state index is -0.0668. The van der Waals surface area contributed by atoms with Gasteiger partial charge in [-0.2, -0.15) is 9.90 Å². The lowest BCUT2D eigenvalue weighted by molar-refractivity contribution is 0.531. The molecule has 2 aromatic heterocycles. The molecule has 0 spiro atoms. The highest BCUT2D eigenvalue weighted by atomic mass is 15.6. The number of nitrogens with two attached hydrogens (primary N) is 1. The smallest absolute Gasteiger partial charge is 0.176 e. The van der Waals surface area contributed by atoms with Gasteiger partial charge in [-0.15, -0.1) is 10.2 Å². The summed E-state index contributed by atoms with van der Waals surface area (Å²) in [6.45, 7) is 3.99. The predicted octanol–water partition coefficient (Wildman–Crippen LogP) is -0.692. The molecule has 0 saturated carbocycles. The van der Waals surface area contributed by atoms with E-state index in [9.17, 15) is 0 Å². The van der Waals surface area contributed by atoms with Crippen LogP contribution in [0.2, 0.25) is 0 Å². The van der Waals surface area contributed by atoms with E-state index in [0.717, 1.165) is 17.0 Å². The Morgan fingerprint density at radius 2 is 2.00 bits per heavy atom. The molecule has 0 amide bonds. The number of aromatic nitrogens is 6. The Balaban J connectivity index is 2.28. The van der Waals surface area contributed by atoms with E-state index in [4.69, 9.17) is 5.84 Å². The van der Waals surface area contributed by atoms with Crippen molar-refractivity contribution in [3.8, 4) is 0 Å². The Kier molecular flexibility index (Phi) is 3.39. The molecular formula is C10H18N8. The maximum atomic E-state index is 5.64. The first-order valence-electron chi connectivity index (χ1n) is 5.72. The molecule has 2 aromatic rings. The molecule has 1 atom stereocenters. The Hall–Kier alpha value is -1.80. The molecule has 1 unspecified atom stereocenters. The van der Waals surface area contributed by atoms with Crippen LogP contribution in [0.25, 0.3) is 0 Å². The molecule has 0 aliphatic rings. The van der Waals surface area contributed by atoms with Crippen LogP contribution in [-0.2, 0) is 20.5 Å². The van der Waals surface area contributed by atoms with Gasteiger partial charge in [-0.1, -0.05) is 0 Å². The molecule has 0 aromatic carbocycles. The third-order valence-corrected chi connectivity index (χ3v) is 3.05. The van der Waals surface area contributed by atoms with Crippen LogP contribution in [0.15, 0.2) is 0 Å². The summed E-state index contributed by atoms with van der Waals surface area (Å²) in [4.78, 5) is 1.44. The summed E-state index contributed by atoms with van der Waals surface area (Å²) in [5, 5.41) is 16.3. The Morgan fingerprint density at radius 3 is 2.44 bits per heavy atom. The number of hydrogen-bond acceptors (Lipinski definition) is 6. The number of nitrogens with zero attached hydrogens (tertiary/aromatic N) is 6. The second-order valence-corrected chi connectivity index (χ2v) is 4.33. The molecule has 0 fully saturated rings. The lowest BCUT2D eigenvalue weighted by Crippen LogP contribution is -2.30.